The van der Waals surface area contributed by atoms with Crippen molar-refractivity contribution in [3.8, 4) is 17.6 Å². The van der Waals surface area contributed by atoms with Crippen LogP contribution >= 0.6 is 0 Å². The highest BCUT2D eigenvalue weighted by molar-refractivity contribution is 5.50. The highest BCUT2D eigenvalue weighted by atomic mass is 16.7. The van der Waals surface area contributed by atoms with Crippen LogP contribution in [0.15, 0.2) is 36.5 Å². The van der Waals surface area contributed by atoms with Crippen LogP contribution in [0, 0.1) is 11.3 Å². The zero-order valence-corrected chi connectivity index (χ0v) is 10.1. The number of hydrogen-bond donors (Lipinski definition) is 1. The molecular weight excluding hydrogens is 242 g/mol. The van der Waals surface area contributed by atoms with Gasteiger partial charge in [0, 0.05) is 12.1 Å². The second-order valence-electron chi connectivity index (χ2n) is 4.05. The predicted molar refractivity (Wildman–Crippen MR) is 68.8 cm³/mol. The highest BCUT2D eigenvalue weighted by Crippen LogP contribution is 2.35. The number of fused-ring (bicyclic) bond motifs is 1. The van der Waals surface area contributed by atoms with Gasteiger partial charge in [0.1, 0.15) is 11.8 Å². The van der Waals surface area contributed by atoms with E-state index in [1.54, 1.807) is 12.3 Å². The van der Waals surface area contributed by atoms with E-state index in [0.717, 1.165) is 22.7 Å². The number of nitrogens with one attached hydrogen (secondary N) is 1. The Morgan fingerprint density at radius 1 is 1.26 bits per heavy atom. The lowest BCUT2D eigenvalue weighted by molar-refractivity contribution is 0.173. The molecule has 5 heteroatoms. The van der Waals surface area contributed by atoms with Crippen LogP contribution in [0.2, 0.25) is 0 Å². The summed E-state index contributed by atoms with van der Waals surface area (Å²) in [4.78, 5) is 4.00. The van der Waals surface area contributed by atoms with Crippen LogP contribution in [0.4, 0.5) is 5.69 Å². The van der Waals surface area contributed by atoms with E-state index in [9.17, 15) is 0 Å². The van der Waals surface area contributed by atoms with E-state index in [1.807, 2.05) is 30.3 Å². The topological polar surface area (TPSA) is 67.2 Å². The van der Waals surface area contributed by atoms with Crippen molar-refractivity contribution in [3.05, 3.63) is 47.8 Å². The maximum atomic E-state index is 8.68. The number of ether oxygens (including phenoxy) is 2. The van der Waals surface area contributed by atoms with E-state index in [4.69, 9.17) is 14.7 Å². The Bertz CT molecular complexity index is 632. The summed E-state index contributed by atoms with van der Waals surface area (Å²) >= 11 is 0. The lowest BCUT2D eigenvalue weighted by Gasteiger charge is -2.08. The molecule has 0 bridgehead atoms. The molecule has 0 spiro atoms. The molecular formula is C14H11N3O2. The van der Waals surface area contributed by atoms with E-state index in [0.29, 0.717) is 12.2 Å². The Labute approximate surface area is 110 Å². The maximum Gasteiger partial charge on any atom is 0.231 e. The molecule has 5 nitrogen and oxygen atoms in total. The van der Waals surface area contributed by atoms with Crippen molar-refractivity contribution < 1.29 is 9.47 Å². The molecule has 0 radical (unpaired) electrons. The van der Waals surface area contributed by atoms with Gasteiger partial charge in [-0.3, -0.25) is 0 Å². The Balaban J connectivity index is 1.72. The number of nitrogens with zero attached hydrogens (tertiary/aromatic N) is 2. The van der Waals surface area contributed by atoms with E-state index in [1.165, 1.54) is 0 Å². The van der Waals surface area contributed by atoms with Crippen molar-refractivity contribution in [1.82, 2.24) is 4.98 Å². The number of anilines is 1. The molecule has 0 fully saturated rings. The van der Waals surface area contributed by atoms with Gasteiger partial charge in [0.15, 0.2) is 11.5 Å². The van der Waals surface area contributed by atoms with Crippen LogP contribution in [0.1, 0.15) is 11.3 Å². The Morgan fingerprint density at radius 3 is 3.00 bits per heavy atom. The summed E-state index contributed by atoms with van der Waals surface area (Å²) in [6, 6.07) is 11.3. The molecule has 2 aromatic rings. The second-order valence-corrected chi connectivity index (χ2v) is 4.05. The fourth-order valence-corrected chi connectivity index (χ4v) is 1.89. The Morgan fingerprint density at radius 2 is 2.21 bits per heavy atom. The van der Waals surface area contributed by atoms with Crippen LogP contribution < -0.4 is 14.8 Å². The van der Waals surface area contributed by atoms with Crippen LogP contribution in [0.5, 0.6) is 11.5 Å². The van der Waals surface area contributed by atoms with E-state index < -0.39 is 0 Å². The van der Waals surface area contributed by atoms with Gasteiger partial charge in [0.05, 0.1) is 11.9 Å². The van der Waals surface area contributed by atoms with Crippen molar-refractivity contribution in [2.75, 3.05) is 12.1 Å². The smallest absolute Gasteiger partial charge is 0.231 e. The van der Waals surface area contributed by atoms with Gasteiger partial charge >= 0.3 is 0 Å². The van der Waals surface area contributed by atoms with Crippen LogP contribution in [-0.4, -0.2) is 11.8 Å². The van der Waals surface area contributed by atoms with Crippen LogP contribution in [-0.2, 0) is 6.54 Å². The summed E-state index contributed by atoms with van der Waals surface area (Å²) in [6.45, 7) is 0.880. The SMILES string of the molecule is N#Cc1ccc(NCc2cccc3c2OCO3)cn1. The summed E-state index contributed by atoms with van der Waals surface area (Å²) < 4.78 is 10.8. The first-order valence-electron chi connectivity index (χ1n) is 5.84. The largest absolute Gasteiger partial charge is 0.454 e. The summed E-state index contributed by atoms with van der Waals surface area (Å²) in [7, 11) is 0. The number of benzene rings is 1. The van der Waals surface area contributed by atoms with Crippen molar-refractivity contribution in [2.45, 2.75) is 6.54 Å². The number of nitriles is 1. The van der Waals surface area contributed by atoms with Gasteiger partial charge < -0.3 is 14.8 Å². The summed E-state index contributed by atoms with van der Waals surface area (Å²) in [5.41, 5.74) is 2.29. The van der Waals surface area contributed by atoms with Gasteiger partial charge in [-0.1, -0.05) is 12.1 Å². The van der Waals surface area contributed by atoms with Crippen molar-refractivity contribution >= 4 is 5.69 Å². The molecule has 1 aromatic carbocycles. The average Bonchev–Trinajstić information content (AvgIpc) is 2.94. The summed E-state index contributed by atoms with van der Waals surface area (Å²) in [6.07, 6.45) is 1.64. The van der Waals surface area contributed by atoms with E-state index in [2.05, 4.69) is 10.3 Å². The molecule has 1 aliphatic heterocycles. The molecule has 0 unspecified atom stereocenters. The highest BCUT2D eigenvalue weighted by Gasteiger charge is 2.16. The number of aromatic nitrogens is 1. The number of pyridine rings is 1. The first kappa shape index (κ1) is 11.4. The maximum absolute atomic E-state index is 8.68. The van der Waals surface area contributed by atoms with Crippen molar-refractivity contribution in [3.63, 3.8) is 0 Å². The van der Waals surface area contributed by atoms with Gasteiger partial charge in [-0.05, 0) is 18.2 Å². The third-order valence-corrected chi connectivity index (χ3v) is 2.84. The van der Waals surface area contributed by atoms with Crippen LogP contribution in [0.3, 0.4) is 0 Å². The van der Waals surface area contributed by atoms with Gasteiger partial charge in [0.25, 0.3) is 0 Å². The summed E-state index contributed by atoms with van der Waals surface area (Å²) in [5, 5.41) is 11.9. The summed E-state index contributed by atoms with van der Waals surface area (Å²) in [5.74, 6) is 1.56. The third-order valence-electron chi connectivity index (χ3n) is 2.84. The molecule has 0 amide bonds. The third kappa shape index (κ3) is 2.29. The fourth-order valence-electron chi connectivity index (χ4n) is 1.89. The van der Waals surface area contributed by atoms with Gasteiger partial charge in [-0.25, -0.2) is 4.98 Å². The van der Waals surface area contributed by atoms with Gasteiger partial charge in [-0.15, -0.1) is 0 Å². The number of rotatable bonds is 3. The van der Waals surface area contributed by atoms with Crippen molar-refractivity contribution in [1.29, 1.82) is 5.26 Å². The molecule has 0 atom stereocenters. The molecule has 0 saturated carbocycles. The van der Waals surface area contributed by atoms with Gasteiger partial charge in [-0.2, -0.15) is 5.26 Å². The molecule has 1 aliphatic rings. The molecule has 2 heterocycles. The minimum absolute atomic E-state index is 0.269. The molecule has 19 heavy (non-hydrogen) atoms. The molecule has 1 aromatic heterocycles. The quantitative estimate of drug-likeness (QED) is 0.909. The first-order valence-corrected chi connectivity index (χ1v) is 5.84. The molecule has 3 rings (SSSR count). The lowest BCUT2D eigenvalue weighted by Crippen LogP contribution is -2.01. The van der Waals surface area contributed by atoms with Crippen molar-refractivity contribution in [2.24, 2.45) is 0 Å². The lowest BCUT2D eigenvalue weighted by atomic mass is 10.2. The minimum Gasteiger partial charge on any atom is -0.454 e. The Kier molecular flexibility index (Phi) is 2.91. The second kappa shape index (κ2) is 4.86. The first-order chi connectivity index (χ1) is 9.36. The predicted octanol–water partition coefficient (Wildman–Crippen LogP) is 2.29. The minimum atomic E-state index is 0.269. The Hall–Kier alpha value is -2.74. The normalized spacial score (nSPS) is 11.9. The number of para-hydroxylation sites is 1. The molecule has 94 valence electrons. The molecule has 0 aliphatic carbocycles. The van der Waals surface area contributed by atoms with Gasteiger partial charge in [0.2, 0.25) is 6.79 Å². The zero-order valence-electron chi connectivity index (χ0n) is 10.1. The van der Waals surface area contributed by atoms with E-state index in [-0.39, 0.29) is 6.79 Å². The monoisotopic (exact) mass is 253 g/mol. The fraction of sp³-hybridized carbons (Fsp3) is 0.143. The average molecular weight is 253 g/mol. The standard InChI is InChI=1S/C14H11N3O2/c15-6-11-4-5-12(8-17-11)16-7-10-2-1-3-13-14(10)19-9-18-13/h1-5,8,16H,7,9H2. The van der Waals surface area contributed by atoms with Crippen LogP contribution in [0.25, 0.3) is 0 Å². The zero-order chi connectivity index (χ0) is 13.1. The number of hydrogen-bond acceptors (Lipinski definition) is 5. The molecule has 1 N–H and O–H groups in total. The van der Waals surface area contributed by atoms with E-state index >= 15 is 0 Å². The molecule has 0 saturated heterocycles.